The molecule has 0 unspecified atom stereocenters. The summed E-state index contributed by atoms with van der Waals surface area (Å²) in [6, 6.07) is 8.09. The van der Waals surface area contributed by atoms with Gasteiger partial charge >= 0.3 is 6.03 Å². The van der Waals surface area contributed by atoms with Crippen LogP contribution in [0.3, 0.4) is 0 Å². The minimum absolute atomic E-state index is 0.0595. The maximum Gasteiger partial charge on any atom is 0.318 e. The van der Waals surface area contributed by atoms with Gasteiger partial charge in [0, 0.05) is 17.5 Å². The Morgan fingerprint density at radius 3 is 2.64 bits per heavy atom. The van der Waals surface area contributed by atoms with Crippen molar-refractivity contribution >= 4 is 17.4 Å². The van der Waals surface area contributed by atoms with Crippen LogP contribution in [0.15, 0.2) is 29.6 Å². The average Bonchev–Trinajstić information content (AvgIpc) is 2.98. The van der Waals surface area contributed by atoms with E-state index in [1.165, 1.54) is 0 Å². The molecule has 25 heavy (non-hydrogen) atoms. The van der Waals surface area contributed by atoms with Gasteiger partial charge in [-0.15, -0.1) is 11.3 Å². The van der Waals surface area contributed by atoms with Crippen molar-refractivity contribution < 1.29 is 9.53 Å². The van der Waals surface area contributed by atoms with Gasteiger partial charge in [0.25, 0.3) is 0 Å². The molecule has 0 saturated heterocycles. The van der Waals surface area contributed by atoms with Crippen LogP contribution < -0.4 is 10.1 Å². The second-order valence-electron chi connectivity index (χ2n) is 6.61. The SMILES string of the molecule is Cc1ccccc1OCc1nc(CN(C(=O)NC(C)C)C(C)C)cs1. The lowest BCUT2D eigenvalue weighted by Crippen LogP contribution is -2.45. The lowest BCUT2D eigenvalue weighted by molar-refractivity contribution is 0.176. The van der Waals surface area contributed by atoms with Gasteiger partial charge in [0.2, 0.25) is 0 Å². The highest BCUT2D eigenvalue weighted by atomic mass is 32.1. The lowest BCUT2D eigenvalue weighted by atomic mass is 10.2. The maximum absolute atomic E-state index is 12.3. The Morgan fingerprint density at radius 1 is 1.28 bits per heavy atom. The van der Waals surface area contributed by atoms with Gasteiger partial charge < -0.3 is 15.0 Å². The van der Waals surface area contributed by atoms with E-state index in [4.69, 9.17) is 4.74 Å². The minimum Gasteiger partial charge on any atom is -0.486 e. The van der Waals surface area contributed by atoms with Crippen molar-refractivity contribution in [1.29, 1.82) is 0 Å². The first kappa shape index (κ1) is 19.2. The molecule has 0 aliphatic heterocycles. The number of benzene rings is 1. The first-order valence-electron chi connectivity index (χ1n) is 8.55. The Balaban J connectivity index is 1.97. The first-order valence-corrected chi connectivity index (χ1v) is 9.43. The number of aromatic nitrogens is 1. The predicted molar refractivity (Wildman–Crippen MR) is 102 cm³/mol. The van der Waals surface area contributed by atoms with Gasteiger partial charge in [0.15, 0.2) is 0 Å². The number of thiazole rings is 1. The number of hydrogen-bond donors (Lipinski definition) is 1. The normalized spacial score (nSPS) is 11.0. The average molecular weight is 362 g/mol. The zero-order chi connectivity index (χ0) is 18.4. The van der Waals surface area contributed by atoms with Gasteiger partial charge in [-0.05, 0) is 46.2 Å². The zero-order valence-corrected chi connectivity index (χ0v) is 16.4. The van der Waals surface area contributed by atoms with E-state index in [0.717, 1.165) is 22.0 Å². The number of carbonyl (C=O) groups excluding carboxylic acids is 1. The molecule has 6 heteroatoms. The number of nitrogens with zero attached hydrogens (tertiary/aromatic N) is 2. The second kappa shape index (κ2) is 8.85. The van der Waals surface area contributed by atoms with Crippen molar-refractivity contribution in [3.8, 4) is 5.75 Å². The highest BCUT2D eigenvalue weighted by Gasteiger charge is 2.19. The van der Waals surface area contributed by atoms with E-state index in [-0.39, 0.29) is 18.1 Å². The fraction of sp³-hybridized carbons (Fsp3) is 0.474. The smallest absolute Gasteiger partial charge is 0.318 e. The van der Waals surface area contributed by atoms with E-state index >= 15 is 0 Å². The third kappa shape index (κ3) is 5.74. The summed E-state index contributed by atoms with van der Waals surface area (Å²) in [5.74, 6) is 0.874. The van der Waals surface area contributed by atoms with Gasteiger partial charge in [0.05, 0.1) is 12.2 Å². The van der Waals surface area contributed by atoms with Gasteiger partial charge in [-0.1, -0.05) is 18.2 Å². The van der Waals surface area contributed by atoms with E-state index in [1.807, 2.05) is 64.3 Å². The lowest BCUT2D eigenvalue weighted by Gasteiger charge is -2.27. The van der Waals surface area contributed by atoms with E-state index < -0.39 is 0 Å². The number of amides is 2. The maximum atomic E-state index is 12.3. The van der Waals surface area contributed by atoms with Gasteiger partial charge in [-0.2, -0.15) is 0 Å². The largest absolute Gasteiger partial charge is 0.486 e. The molecule has 0 spiro atoms. The van der Waals surface area contributed by atoms with E-state index in [1.54, 1.807) is 16.2 Å². The quantitative estimate of drug-likeness (QED) is 0.797. The molecule has 2 aromatic rings. The topological polar surface area (TPSA) is 54.5 Å². The molecule has 0 bridgehead atoms. The third-order valence-corrected chi connectivity index (χ3v) is 4.54. The highest BCUT2D eigenvalue weighted by Crippen LogP contribution is 2.20. The van der Waals surface area contributed by atoms with E-state index in [9.17, 15) is 4.79 Å². The number of para-hydroxylation sites is 1. The van der Waals surface area contributed by atoms with Crippen molar-refractivity contribution in [2.45, 2.75) is 59.9 Å². The van der Waals surface area contributed by atoms with Crippen LogP contribution in [-0.4, -0.2) is 28.0 Å². The van der Waals surface area contributed by atoms with Crippen molar-refractivity contribution in [3.05, 3.63) is 45.9 Å². The molecule has 1 N–H and O–H groups in total. The van der Waals surface area contributed by atoms with Crippen LogP contribution in [0.2, 0.25) is 0 Å². The van der Waals surface area contributed by atoms with Crippen LogP contribution in [0, 0.1) is 6.92 Å². The predicted octanol–water partition coefficient (Wildman–Crippen LogP) is 4.36. The molecule has 1 aromatic carbocycles. The second-order valence-corrected chi connectivity index (χ2v) is 7.56. The van der Waals surface area contributed by atoms with E-state index in [2.05, 4.69) is 10.3 Å². The number of ether oxygens (including phenoxy) is 1. The Kier molecular flexibility index (Phi) is 6.82. The summed E-state index contributed by atoms with van der Waals surface area (Å²) < 4.78 is 5.84. The summed E-state index contributed by atoms with van der Waals surface area (Å²) in [5, 5.41) is 5.85. The number of rotatable bonds is 7. The number of carbonyl (C=O) groups is 1. The summed E-state index contributed by atoms with van der Waals surface area (Å²) in [4.78, 5) is 18.7. The fourth-order valence-corrected chi connectivity index (χ4v) is 3.04. The van der Waals surface area contributed by atoms with Crippen LogP contribution >= 0.6 is 11.3 Å². The molecule has 0 aliphatic carbocycles. The van der Waals surface area contributed by atoms with Crippen molar-refractivity contribution in [2.24, 2.45) is 0 Å². The molecular weight excluding hydrogens is 334 g/mol. The van der Waals surface area contributed by atoms with Crippen LogP contribution in [0.25, 0.3) is 0 Å². The Morgan fingerprint density at radius 2 is 2.00 bits per heavy atom. The molecular formula is C19H27N3O2S. The molecule has 2 rings (SSSR count). The fourth-order valence-electron chi connectivity index (χ4n) is 2.34. The van der Waals surface area contributed by atoms with Crippen molar-refractivity contribution in [1.82, 2.24) is 15.2 Å². The molecule has 0 saturated carbocycles. The summed E-state index contributed by atoms with van der Waals surface area (Å²) in [6.45, 7) is 10.9. The van der Waals surface area contributed by atoms with Crippen LogP contribution in [0.5, 0.6) is 5.75 Å². The minimum atomic E-state index is -0.0595. The van der Waals surface area contributed by atoms with Gasteiger partial charge in [-0.25, -0.2) is 9.78 Å². The van der Waals surface area contributed by atoms with E-state index in [0.29, 0.717) is 13.2 Å². The van der Waals surface area contributed by atoms with Crippen molar-refractivity contribution in [2.75, 3.05) is 0 Å². The number of urea groups is 1. The molecule has 0 radical (unpaired) electrons. The molecule has 0 fully saturated rings. The molecule has 1 heterocycles. The zero-order valence-electron chi connectivity index (χ0n) is 15.6. The summed E-state index contributed by atoms with van der Waals surface area (Å²) in [7, 11) is 0. The number of aryl methyl sites for hydroxylation is 1. The summed E-state index contributed by atoms with van der Waals surface area (Å²) in [6.07, 6.45) is 0. The summed E-state index contributed by atoms with van der Waals surface area (Å²) in [5.41, 5.74) is 2.00. The Labute approximate surface area is 154 Å². The molecule has 0 aliphatic rings. The van der Waals surface area contributed by atoms with Gasteiger partial charge in [-0.3, -0.25) is 0 Å². The number of hydrogen-bond acceptors (Lipinski definition) is 4. The molecule has 2 amide bonds. The molecule has 5 nitrogen and oxygen atoms in total. The Hall–Kier alpha value is -2.08. The number of nitrogens with one attached hydrogen (secondary N) is 1. The Bertz CT molecular complexity index is 697. The molecule has 1 aromatic heterocycles. The van der Waals surface area contributed by atoms with Crippen LogP contribution in [-0.2, 0) is 13.2 Å². The molecule has 0 atom stereocenters. The van der Waals surface area contributed by atoms with Crippen LogP contribution in [0.4, 0.5) is 4.79 Å². The van der Waals surface area contributed by atoms with Gasteiger partial charge in [0.1, 0.15) is 17.4 Å². The highest BCUT2D eigenvalue weighted by molar-refractivity contribution is 7.09. The summed E-state index contributed by atoms with van der Waals surface area (Å²) >= 11 is 1.56. The van der Waals surface area contributed by atoms with Crippen LogP contribution in [0.1, 0.15) is 44.0 Å². The third-order valence-electron chi connectivity index (χ3n) is 3.67. The monoisotopic (exact) mass is 361 g/mol. The standard InChI is InChI=1S/C19H27N3O2S/c1-13(2)20-19(23)22(14(3)4)10-16-12-25-18(21-16)11-24-17-9-7-6-8-15(17)5/h6-9,12-14H,10-11H2,1-5H3,(H,20,23). The van der Waals surface area contributed by atoms with Crippen molar-refractivity contribution in [3.63, 3.8) is 0 Å². The molecule has 136 valence electrons. The first-order chi connectivity index (χ1) is 11.9.